The molecule has 0 aliphatic carbocycles. The zero-order valence-corrected chi connectivity index (χ0v) is 10.8. The summed E-state index contributed by atoms with van der Waals surface area (Å²) in [5.41, 5.74) is -0.863. The Morgan fingerprint density at radius 2 is 2.10 bits per heavy atom. The molecular formula is C12H10F2N4O3. The third kappa shape index (κ3) is 3.02. The minimum absolute atomic E-state index is 0.142. The summed E-state index contributed by atoms with van der Waals surface area (Å²) >= 11 is 0. The van der Waals surface area contributed by atoms with Crippen LogP contribution in [0.4, 0.5) is 20.3 Å². The van der Waals surface area contributed by atoms with Gasteiger partial charge >= 0.3 is 5.69 Å². The maximum Gasteiger partial charge on any atom is 0.305 e. The fraction of sp³-hybridized carbons (Fsp3) is 0.167. The van der Waals surface area contributed by atoms with Crippen molar-refractivity contribution in [1.29, 1.82) is 0 Å². The molecule has 0 saturated carbocycles. The average molecular weight is 296 g/mol. The minimum atomic E-state index is -1.35. The van der Waals surface area contributed by atoms with Crippen molar-refractivity contribution in [2.45, 2.75) is 13.3 Å². The number of nitrogens with one attached hydrogen (secondary N) is 2. The number of H-pyrrole nitrogens is 1. The van der Waals surface area contributed by atoms with Gasteiger partial charge in [-0.2, -0.15) is 9.49 Å². The van der Waals surface area contributed by atoms with E-state index in [0.29, 0.717) is 18.6 Å². The molecule has 1 aromatic heterocycles. The SMILES string of the molecule is CCc1cc(NC(=O)c2cc([N+](=O)[O-])c(F)cc2F)n[nH]1. The van der Waals surface area contributed by atoms with E-state index in [9.17, 15) is 23.7 Å². The number of benzene rings is 1. The highest BCUT2D eigenvalue weighted by Gasteiger charge is 2.22. The summed E-state index contributed by atoms with van der Waals surface area (Å²) in [6.07, 6.45) is 0.652. The maximum absolute atomic E-state index is 13.6. The molecule has 0 aliphatic rings. The average Bonchev–Trinajstić information content (AvgIpc) is 2.85. The Bertz CT molecular complexity index is 715. The van der Waals surface area contributed by atoms with E-state index in [4.69, 9.17) is 0 Å². The lowest BCUT2D eigenvalue weighted by molar-refractivity contribution is -0.387. The number of aromatic amines is 1. The summed E-state index contributed by atoms with van der Waals surface area (Å²) in [6, 6.07) is 2.39. The molecule has 0 spiro atoms. The Morgan fingerprint density at radius 1 is 1.38 bits per heavy atom. The molecule has 2 rings (SSSR count). The van der Waals surface area contributed by atoms with E-state index >= 15 is 0 Å². The van der Waals surface area contributed by atoms with Crippen LogP contribution >= 0.6 is 0 Å². The molecule has 1 amide bonds. The third-order valence-electron chi connectivity index (χ3n) is 2.73. The summed E-state index contributed by atoms with van der Waals surface area (Å²) in [4.78, 5) is 21.4. The third-order valence-corrected chi connectivity index (χ3v) is 2.73. The van der Waals surface area contributed by atoms with Crippen molar-refractivity contribution >= 4 is 17.4 Å². The molecule has 1 heterocycles. The number of aryl methyl sites for hydroxylation is 1. The molecule has 0 atom stereocenters. The lowest BCUT2D eigenvalue weighted by Gasteiger charge is -2.04. The summed E-state index contributed by atoms with van der Waals surface area (Å²) in [5.74, 6) is -3.35. The molecular weight excluding hydrogens is 286 g/mol. The fourth-order valence-corrected chi connectivity index (χ4v) is 1.64. The minimum Gasteiger partial charge on any atom is -0.305 e. The molecule has 9 heteroatoms. The van der Waals surface area contributed by atoms with Gasteiger partial charge in [-0.15, -0.1) is 0 Å². The van der Waals surface area contributed by atoms with E-state index in [0.717, 1.165) is 5.69 Å². The van der Waals surface area contributed by atoms with Crippen LogP contribution in [-0.2, 0) is 6.42 Å². The van der Waals surface area contributed by atoms with Gasteiger partial charge in [0.25, 0.3) is 5.91 Å². The molecule has 0 aliphatic heterocycles. The monoisotopic (exact) mass is 296 g/mol. The summed E-state index contributed by atoms with van der Waals surface area (Å²) in [7, 11) is 0. The number of halogens is 2. The van der Waals surface area contributed by atoms with Crippen LogP contribution in [0.3, 0.4) is 0 Å². The van der Waals surface area contributed by atoms with Gasteiger partial charge in [0.15, 0.2) is 5.82 Å². The van der Waals surface area contributed by atoms with E-state index in [1.54, 1.807) is 0 Å². The smallest absolute Gasteiger partial charge is 0.305 e. The fourth-order valence-electron chi connectivity index (χ4n) is 1.64. The van der Waals surface area contributed by atoms with Gasteiger partial charge in [0.1, 0.15) is 5.82 Å². The number of aromatic nitrogens is 2. The Kier molecular flexibility index (Phi) is 3.92. The predicted molar refractivity (Wildman–Crippen MR) is 68.9 cm³/mol. The maximum atomic E-state index is 13.6. The summed E-state index contributed by atoms with van der Waals surface area (Å²) in [5, 5.41) is 19.3. The zero-order chi connectivity index (χ0) is 15.6. The first-order chi connectivity index (χ1) is 9.92. The first-order valence-corrected chi connectivity index (χ1v) is 5.91. The van der Waals surface area contributed by atoms with Crippen molar-refractivity contribution < 1.29 is 18.5 Å². The zero-order valence-electron chi connectivity index (χ0n) is 10.8. The topological polar surface area (TPSA) is 101 Å². The summed E-state index contributed by atoms with van der Waals surface area (Å²) in [6.45, 7) is 1.86. The molecule has 110 valence electrons. The molecule has 7 nitrogen and oxygen atoms in total. The van der Waals surface area contributed by atoms with Crippen LogP contribution in [0.5, 0.6) is 0 Å². The standard InChI is InChI=1S/C12H10F2N4O3/c1-2-6-3-11(17-16-6)15-12(19)7-4-10(18(20)21)9(14)5-8(7)13/h3-5H,2H2,1H3,(H2,15,16,17,19). The van der Waals surface area contributed by atoms with E-state index in [1.807, 2.05) is 6.92 Å². The van der Waals surface area contributed by atoms with Gasteiger partial charge in [0, 0.05) is 23.9 Å². The van der Waals surface area contributed by atoms with E-state index < -0.39 is 33.7 Å². The molecule has 1 aromatic carbocycles. The highest BCUT2D eigenvalue weighted by atomic mass is 19.1. The second-order valence-corrected chi connectivity index (χ2v) is 4.13. The van der Waals surface area contributed by atoms with E-state index in [2.05, 4.69) is 15.5 Å². The lowest BCUT2D eigenvalue weighted by Crippen LogP contribution is -2.15. The van der Waals surface area contributed by atoms with Crippen LogP contribution in [-0.4, -0.2) is 21.0 Å². The largest absolute Gasteiger partial charge is 0.305 e. The Labute approximate surface area is 117 Å². The molecule has 0 fully saturated rings. The number of amides is 1. The van der Waals surface area contributed by atoms with Gasteiger partial charge in [-0.05, 0) is 6.42 Å². The molecule has 21 heavy (non-hydrogen) atoms. The number of anilines is 1. The number of carbonyl (C=O) groups is 1. The van der Waals surface area contributed by atoms with Crippen molar-refractivity contribution in [2.24, 2.45) is 0 Å². The number of rotatable bonds is 4. The highest BCUT2D eigenvalue weighted by molar-refractivity contribution is 6.04. The van der Waals surface area contributed by atoms with Crippen molar-refractivity contribution in [3.8, 4) is 0 Å². The number of nitro benzene ring substituents is 1. The van der Waals surface area contributed by atoms with Crippen LogP contribution in [0.2, 0.25) is 0 Å². The van der Waals surface area contributed by atoms with Crippen LogP contribution in [0.15, 0.2) is 18.2 Å². The quantitative estimate of drug-likeness (QED) is 0.668. The lowest BCUT2D eigenvalue weighted by atomic mass is 10.1. The van der Waals surface area contributed by atoms with Gasteiger partial charge in [-0.3, -0.25) is 20.0 Å². The number of nitro groups is 1. The Hall–Kier alpha value is -2.84. The number of hydrogen-bond donors (Lipinski definition) is 2. The van der Waals surface area contributed by atoms with Crippen LogP contribution in [0, 0.1) is 21.7 Å². The van der Waals surface area contributed by atoms with Gasteiger partial charge in [0.2, 0.25) is 5.82 Å². The van der Waals surface area contributed by atoms with Gasteiger partial charge < -0.3 is 5.32 Å². The van der Waals surface area contributed by atoms with E-state index in [1.165, 1.54) is 6.07 Å². The van der Waals surface area contributed by atoms with E-state index in [-0.39, 0.29) is 5.82 Å². The summed E-state index contributed by atoms with van der Waals surface area (Å²) < 4.78 is 26.8. The predicted octanol–water partition coefficient (Wildman–Crippen LogP) is 2.41. The van der Waals surface area contributed by atoms with Crippen molar-refractivity contribution in [1.82, 2.24) is 10.2 Å². The first kappa shape index (κ1) is 14.6. The Balaban J connectivity index is 2.30. The molecule has 0 saturated heterocycles. The molecule has 0 bridgehead atoms. The highest BCUT2D eigenvalue weighted by Crippen LogP contribution is 2.22. The molecule has 0 unspecified atom stereocenters. The molecule has 2 N–H and O–H groups in total. The van der Waals surface area contributed by atoms with Gasteiger partial charge in [-0.1, -0.05) is 6.92 Å². The van der Waals surface area contributed by atoms with Crippen LogP contribution < -0.4 is 5.32 Å². The van der Waals surface area contributed by atoms with Gasteiger partial charge in [0.05, 0.1) is 10.5 Å². The normalized spacial score (nSPS) is 10.4. The number of nitrogens with zero attached hydrogens (tertiary/aromatic N) is 2. The second kappa shape index (κ2) is 5.65. The molecule has 0 radical (unpaired) electrons. The molecule has 2 aromatic rings. The van der Waals surface area contributed by atoms with Crippen LogP contribution in [0.1, 0.15) is 23.0 Å². The van der Waals surface area contributed by atoms with Crippen molar-refractivity contribution in [2.75, 3.05) is 5.32 Å². The second-order valence-electron chi connectivity index (χ2n) is 4.13. The Morgan fingerprint density at radius 3 is 2.67 bits per heavy atom. The number of hydrogen-bond acceptors (Lipinski definition) is 4. The first-order valence-electron chi connectivity index (χ1n) is 5.91. The van der Waals surface area contributed by atoms with Crippen LogP contribution in [0.25, 0.3) is 0 Å². The van der Waals surface area contributed by atoms with Crippen molar-refractivity contribution in [3.05, 3.63) is 51.2 Å². The van der Waals surface area contributed by atoms with Crippen molar-refractivity contribution in [3.63, 3.8) is 0 Å². The van der Waals surface area contributed by atoms with Gasteiger partial charge in [-0.25, -0.2) is 4.39 Å². The number of carbonyl (C=O) groups excluding carboxylic acids is 1.